The van der Waals surface area contributed by atoms with Crippen LogP contribution in [0.4, 0.5) is 4.79 Å². The first kappa shape index (κ1) is 17.1. The largest absolute Gasteiger partial charge is 0.338 e. The van der Waals surface area contributed by atoms with Crippen molar-refractivity contribution in [1.29, 1.82) is 0 Å². The Labute approximate surface area is 137 Å². The minimum Gasteiger partial charge on any atom is -0.338 e. The average Bonchev–Trinajstić information content (AvgIpc) is 2.48. The van der Waals surface area contributed by atoms with E-state index in [9.17, 15) is 4.79 Å². The van der Waals surface area contributed by atoms with Crippen LogP contribution in [0.25, 0.3) is 0 Å². The number of urea groups is 1. The molecule has 0 radical (unpaired) electrons. The summed E-state index contributed by atoms with van der Waals surface area (Å²) >= 11 is 5.94. The van der Waals surface area contributed by atoms with Crippen molar-refractivity contribution < 1.29 is 4.79 Å². The number of amides is 2. The van der Waals surface area contributed by atoms with E-state index in [2.05, 4.69) is 34.5 Å². The van der Waals surface area contributed by atoms with Crippen LogP contribution in [0.1, 0.15) is 5.56 Å². The summed E-state index contributed by atoms with van der Waals surface area (Å²) in [6.45, 7) is 4.38. The molecular weight excluding hydrogens is 300 g/mol. The second kappa shape index (κ2) is 8.36. The number of likely N-dealkylation sites (N-methyl/N-ethyl adjacent to an activating group) is 2. The highest BCUT2D eigenvalue weighted by Crippen LogP contribution is 2.10. The molecule has 0 aliphatic carbocycles. The zero-order valence-corrected chi connectivity index (χ0v) is 14.1. The van der Waals surface area contributed by atoms with Gasteiger partial charge in [-0.3, -0.25) is 4.90 Å². The van der Waals surface area contributed by atoms with Crippen molar-refractivity contribution in [3.8, 4) is 0 Å². The van der Waals surface area contributed by atoms with Crippen LogP contribution in [0.15, 0.2) is 24.3 Å². The summed E-state index contributed by atoms with van der Waals surface area (Å²) in [7, 11) is 4.22. The zero-order chi connectivity index (χ0) is 15.9. The first-order valence-electron chi connectivity index (χ1n) is 7.69. The van der Waals surface area contributed by atoms with Crippen molar-refractivity contribution >= 4 is 17.6 Å². The van der Waals surface area contributed by atoms with Crippen molar-refractivity contribution in [2.45, 2.75) is 12.5 Å². The van der Waals surface area contributed by atoms with E-state index in [0.717, 1.165) is 36.6 Å². The first-order chi connectivity index (χ1) is 10.5. The van der Waals surface area contributed by atoms with E-state index in [0.29, 0.717) is 19.1 Å². The van der Waals surface area contributed by atoms with Crippen molar-refractivity contribution in [2.75, 3.05) is 46.8 Å². The molecule has 1 saturated heterocycles. The number of carbonyl (C=O) groups excluding carboxylic acids is 1. The summed E-state index contributed by atoms with van der Waals surface area (Å²) in [6.07, 6.45) is 0.778. The second-order valence-corrected chi connectivity index (χ2v) is 6.35. The number of halogens is 1. The number of piperazine rings is 1. The molecule has 1 aromatic rings. The lowest BCUT2D eigenvalue weighted by molar-refractivity contribution is 0.114. The highest BCUT2D eigenvalue weighted by Gasteiger charge is 2.22. The summed E-state index contributed by atoms with van der Waals surface area (Å²) in [6, 6.07) is 7.98. The molecule has 5 nitrogen and oxygen atoms in total. The molecule has 0 aromatic heterocycles. The molecule has 2 N–H and O–H groups in total. The Balaban J connectivity index is 1.65. The summed E-state index contributed by atoms with van der Waals surface area (Å²) < 4.78 is 0. The first-order valence-corrected chi connectivity index (χ1v) is 8.07. The Morgan fingerprint density at radius 1 is 1.32 bits per heavy atom. The van der Waals surface area contributed by atoms with Crippen molar-refractivity contribution in [2.24, 2.45) is 0 Å². The molecule has 6 heteroatoms. The van der Waals surface area contributed by atoms with Gasteiger partial charge in [-0.25, -0.2) is 4.79 Å². The number of nitrogens with zero attached hydrogens (tertiary/aromatic N) is 2. The maximum absolute atomic E-state index is 11.9. The fraction of sp³-hybridized carbons (Fsp3) is 0.562. The molecule has 122 valence electrons. The summed E-state index contributed by atoms with van der Waals surface area (Å²) in [5.74, 6) is 0. The Morgan fingerprint density at radius 2 is 2.14 bits per heavy atom. The van der Waals surface area contributed by atoms with Crippen LogP contribution in [0, 0.1) is 0 Å². The summed E-state index contributed by atoms with van der Waals surface area (Å²) in [5, 5.41) is 6.58. The van der Waals surface area contributed by atoms with Crippen LogP contribution in [0.3, 0.4) is 0 Å². The van der Waals surface area contributed by atoms with E-state index in [-0.39, 0.29) is 6.03 Å². The van der Waals surface area contributed by atoms with Gasteiger partial charge in [0, 0.05) is 43.8 Å². The van der Waals surface area contributed by atoms with Crippen molar-refractivity contribution in [3.05, 3.63) is 34.9 Å². The lowest BCUT2D eigenvalue weighted by Crippen LogP contribution is -2.55. The van der Waals surface area contributed by atoms with Gasteiger partial charge in [0.25, 0.3) is 0 Å². The number of hydrogen-bond acceptors (Lipinski definition) is 3. The van der Waals surface area contributed by atoms with Crippen LogP contribution in [0.2, 0.25) is 5.02 Å². The van der Waals surface area contributed by atoms with E-state index >= 15 is 0 Å². The fourth-order valence-corrected chi connectivity index (χ4v) is 2.82. The van der Waals surface area contributed by atoms with Gasteiger partial charge in [0.15, 0.2) is 0 Å². The van der Waals surface area contributed by atoms with Crippen LogP contribution in [-0.4, -0.2) is 68.7 Å². The van der Waals surface area contributed by atoms with Gasteiger partial charge >= 0.3 is 6.03 Å². The van der Waals surface area contributed by atoms with Gasteiger partial charge in [0.2, 0.25) is 0 Å². The van der Waals surface area contributed by atoms with Gasteiger partial charge in [-0.15, -0.1) is 0 Å². The SMILES string of the molecule is CN1CCN(C)[C@@H](CNC(=O)NCCc2cccc(Cl)c2)C1. The topological polar surface area (TPSA) is 47.6 Å². The third-order valence-corrected chi connectivity index (χ3v) is 4.30. The molecule has 0 bridgehead atoms. The number of nitrogens with one attached hydrogen (secondary N) is 2. The predicted octanol–water partition coefficient (Wildman–Crippen LogP) is 1.43. The molecule has 1 fully saturated rings. The van der Waals surface area contributed by atoms with Crippen molar-refractivity contribution in [1.82, 2.24) is 20.4 Å². The van der Waals surface area contributed by atoms with Gasteiger partial charge in [-0.1, -0.05) is 23.7 Å². The molecule has 0 spiro atoms. The quantitative estimate of drug-likeness (QED) is 0.861. The minimum absolute atomic E-state index is 0.108. The Kier molecular flexibility index (Phi) is 6.49. The van der Waals surface area contributed by atoms with E-state index in [4.69, 9.17) is 11.6 Å². The highest BCUT2D eigenvalue weighted by molar-refractivity contribution is 6.30. The van der Waals surface area contributed by atoms with E-state index in [1.54, 1.807) is 0 Å². The lowest BCUT2D eigenvalue weighted by Gasteiger charge is -2.37. The molecule has 1 aliphatic heterocycles. The van der Waals surface area contributed by atoms with E-state index in [1.807, 2.05) is 24.3 Å². The number of carbonyl (C=O) groups is 1. The van der Waals surface area contributed by atoms with Gasteiger partial charge in [0.1, 0.15) is 0 Å². The lowest BCUT2D eigenvalue weighted by atomic mass is 10.1. The Hall–Kier alpha value is -1.30. The second-order valence-electron chi connectivity index (χ2n) is 5.91. The molecule has 22 heavy (non-hydrogen) atoms. The summed E-state index contributed by atoms with van der Waals surface area (Å²) in [5.41, 5.74) is 1.13. The van der Waals surface area contributed by atoms with Gasteiger partial charge in [-0.2, -0.15) is 0 Å². The minimum atomic E-state index is -0.108. The number of hydrogen-bond donors (Lipinski definition) is 2. The maximum atomic E-state index is 11.9. The van der Waals surface area contributed by atoms with E-state index in [1.165, 1.54) is 0 Å². The molecule has 1 heterocycles. The molecule has 0 unspecified atom stereocenters. The molecule has 1 atom stereocenters. The van der Waals surface area contributed by atoms with E-state index < -0.39 is 0 Å². The molecular formula is C16H25ClN4O. The normalized spacial score (nSPS) is 19.9. The molecule has 2 rings (SSSR count). The monoisotopic (exact) mass is 324 g/mol. The standard InChI is InChI=1S/C16H25ClN4O/c1-20-8-9-21(2)15(12-20)11-19-16(22)18-7-6-13-4-3-5-14(17)10-13/h3-5,10,15H,6-9,11-12H2,1-2H3,(H2,18,19,22)/t15-/m0/s1. The fourth-order valence-electron chi connectivity index (χ4n) is 2.61. The molecule has 1 aliphatic rings. The number of rotatable bonds is 5. The maximum Gasteiger partial charge on any atom is 0.314 e. The van der Waals surface area contributed by atoms with Crippen LogP contribution >= 0.6 is 11.6 Å². The average molecular weight is 325 g/mol. The predicted molar refractivity (Wildman–Crippen MR) is 90.5 cm³/mol. The van der Waals surface area contributed by atoms with Crippen LogP contribution < -0.4 is 10.6 Å². The highest BCUT2D eigenvalue weighted by atomic mass is 35.5. The Bertz CT molecular complexity index is 497. The van der Waals surface area contributed by atoms with Crippen LogP contribution in [-0.2, 0) is 6.42 Å². The van der Waals surface area contributed by atoms with Gasteiger partial charge in [0.05, 0.1) is 0 Å². The van der Waals surface area contributed by atoms with Gasteiger partial charge < -0.3 is 15.5 Å². The third-order valence-electron chi connectivity index (χ3n) is 4.07. The van der Waals surface area contributed by atoms with Gasteiger partial charge in [-0.05, 0) is 38.2 Å². The molecule has 0 saturated carbocycles. The summed E-state index contributed by atoms with van der Waals surface area (Å²) in [4.78, 5) is 16.4. The smallest absolute Gasteiger partial charge is 0.314 e. The molecule has 1 aromatic carbocycles. The van der Waals surface area contributed by atoms with Crippen molar-refractivity contribution in [3.63, 3.8) is 0 Å². The zero-order valence-electron chi connectivity index (χ0n) is 13.3. The third kappa shape index (κ3) is 5.48. The Morgan fingerprint density at radius 3 is 2.91 bits per heavy atom. The number of benzene rings is 1. The molecule has 2 amide bonds. The van der Waals surface area contributed by atoms with Crippen LogP contribution in [0.5, 0.6) is 0 Å².